The molecule has 0 bridgehead atoms. The van der Waals surface area contributed by atoms with Gasteiger partial charge < -0.3 is 15.0 Å². The standard InChI is InChI=1S/C17H27FN2O/c1-4-9-19-13(2)14-7-8-17(16(18)11-14)20(3)12-15-6-5-10-21-15/h7-8,11,13,15,19H,4-6,9-10,12H2,1-3H3. The molecule has 0 radical (unpaired) electrons. The van der Waals surface area contributed by atoms with Gasteiger partial charge >= 0.3 is 0 Å². The summed E-state index contributed by atoms with van der Waals surface area (Å²) in [4.78, 5) is 1.96. The smallest absolute Gasteiger partial charge is 0.146 e. The van der Waals surface area contributed by atoms with Gasteiger partial charge in [0.2, 0.25) is 0 Å². The van der Waals surface area contributed by atoms with Crippen LogP contribution in [-0.2, 0) is 4.74 Å². The van der Waals surface area contributed by atoms with Gasteiger partial charge in [-0.3, -0.25) is 0 Å². The Bertz CT molecular complexity index is 446. The van der Waals surface area contributed by atoms with Gasteiger partial charge in [0.15, 0.2) is 0 Å². The SMILES string of the molecule is CCCNC(C)c1ccc(N(C)CC2CCCO2)c(F)c1. The first-order valence-corrected chi connectivity index (χ1v) is 7.97. The van der Waals surface area contributed by atoms with Crippen LogP contribution in [0, 0.1) is 5.82 Å². The highest BCUT2D eigenvalue weighted by molar-refractivity contribution is 5.49. The molecule has 1 saturated heterocycles. The van der Waals surface area contributed by atoms with Crippen LogP contribution in [0.2, 0.25) is 0 Å². The van der Waals surface area contributed by atoms with E-state index in [1.165, 1.54) is 0 Å². The minimum atomic E-state index is -0.154. The van der Waals surface area contributed by atoms with Crippen LogP contribution >= 0.6 is 0 Å². The topological polar surface area (TPSA) is 24.5 Å². The maximum absolute atomic E-state index is 14.3. The predicted molar refractivity (Wildman–Crippen MR) is 85.4 cm³/mol. The van der Waals surface area contributed by atoms with Crippen LogP contribution < -0.4 is 10.2 Å². The Hall–Kier alpha value is -1.13. The third kappa shape index (κ3) is 4.42. The van der Waals surface area contributed by atoms with Crippen molar-refractivity contribution in [2.24, 2.45) is 0 Å². The number of ether oxygens (including phenoxy) is 1. The van der Waals surface area contributed by atoms with E-state index in [1.807, 2.05) is 24.1 Å². The van der Waals surface area contributed by atoms with Gasteiger partial charge in [0, 0.05) is 26.2 Å². The van der Waals surface area contributed by atoms with E-state index >= 15 is 0 Å². The number of anilines is 1. The van der Waals surface area contributed by atoms with Crippen LogP contribution in [0.25, 0.3) is 0 Å². The molecular weight excluding hydrogens is 267 g/mol. The first-order valence-electron chi connectivity index (χ1n) is 7.97. The number of benzene rings is 1. The summed E-state index contributed by atoms with van der Waals surface area (Å²) >= 11 is 0. The van der Waals surface area contributed by atoms with E-state index in [9.17, 15) is 4.39 Å². The fourth-order valence-electron chi connectivity index (χ4n) is 2.77. The molecule has 118 valence electrons. The van der Waals surface area contributed by atoms with Crippen LogP contribution in [0.1, 0.15) is 44.7 Å². The van der Waals surface area contributed by atoms with Crippen LogP contribution in [0.3, 0.4) is 0 Å². The van der Waals surface area contributed by atoms with Gasteiger partial charge in [0.05, 0.1) is 11.8 Å². The molecule has 1 aliphatic heterocycles. The zero-order chi connectivity index (χ0) is 15.2. The van der Waals surface area contributed by atoms with Gasteiger partial charge in [0.1, 0.15) is 5.82 Å². The second kappa shape index (κ2) is 7.76. The maximum atomic E-state index is 14.3. The fourth-order valence-corrected chi connectivity index (χ4v) is 2.77. The van der Waals surface area contributed by atoms with Gasteiger partial charge in [-0.1, -0.05) is 13.0 Å². The highest BCUT2D eigenvalue weighted by atomic mass is 19.1. The predicted octanol–water partition coefficient (Wildman–Crippen LogP) is 3.50. The summed E-state index contributed by atoms with van der Waals surface area (Å²) in [6, 6.07) is 5.72. The molecule has 0 amide bonds. The Morgan fingerprint density at radius 3 is 2.90 bits per heavy atom. The highest BCUT2D eigenvalue weighted by Crippen LogP contribution is 2.24. The fraction of sp³-hybridized carbons (Fsp3) is 0.647. The lowest BCUT2D eigenvalue weighted by Gasteiger charge is -2.24. The van der Waals surface area contributed by atoms with Gasteiger partial charge in [-0.25, -0.2) is 4.39 Å². The molecule has 1 fully saturated rings. The summed E-state index contributed by atoms with van der Waals surface area (Å²) in [6.45, 7) is 6.73. The molecule has 1 aromatic rings. The number of rotatable bonds is 7. The van der Waals surface area contributed by atoms with Crippen LogP contribution in [-0.4, -0.2) is 32.8 Å². The molecule has 0 spiro atoms. The number of nitrogens with one attached hydrogen (secondary N) is 1. The van der Waals surface area contributed by atoms with Gasteiger partial charge in [-0.05, 0) is 50.4 Å². The van der Waals surface area contributed by atoms with Gasteiger partial charge in [0.25, 0.3) is 0 Å². The Labute approximate surface area is 127 Å². The summed E-state index contributed by atoms with van der Waals surface area (Å²) in [5.74, 6) is -0.154. The summed E-state index contributed by atoms with van der Waals surface area (Å²) in [5.41, 5.74) is 1.65. The summed E-state index contributed by atoms with van der Waals surface area (Å²) in [5, 5.41) is 3.38. The second-order valence-corrected chi connectivity index (χ2v) is 5.90. The molecule has 2 unspecified atom stereocenters. The minimum Gasteiger partial charge on any atom is -0.376 e. The van der Waals surface area contributed by atoms with E-state index in [-0.39, 0.29) is 18.0 Å². The molecule has 21 heavy (non-hydrogen) atoms. The van der Waals surface area contributed by atoms with Crippen LogP contribution in [0.15, 0.2) is 18.2 Å². The quantitative estimate of drug-likeness (QED) is 0.833. The van der Waals surface area contributed by atoms with Crippen molar-refractivity contribution in [3.05, 3.63) is 29.6 Å². The lowest BCUT2D eigenvalue weighted by Crippen LogP contribution is -2.29. The number of hydrogen-bond acceptors (Lipinski definition) is 3. The molecule has 0 saturated carbocycles. The number of halogens is 1. The van der Waals surface area contributed by atoms with Crippen molar-refractivity contribution < 1.29 is 9.13 Å². The summed E-state index contributed by atoms with van der Waals surface area (Å²) in [7, 11) is 1.93. The minimum absolute atomic E-state index is 0.154. The maximum Gasteiger partial charge on any atom is 0.146 e. The number of hydrogen-bond donors (Lipinski definition) is 1. The zero-order valence-corrected chi connectivity index (χ0v) is 13.4. The van der Waals surface area contributed by atoms with E-state index in [0.717, 1.165) is 44.5 Å². The zero-order valence-electron chi connectivity index (χ0n) is 13.4. The van der Waals surface area contributed by atoms with Crippen LogP contribution in [0.4, 0.5) is 10.1 Å². The molecule has 1 N–H and O–H groups in total. The van der Waals surface area contributed by atoms with Crippen molar-refractivity contribution in [3.63, 3.8) is 0 Å². The van der Waals surface area contributed by atoms with E-state index in [4.69, 9.17) is 4.74 Å². The molecule has 2 atom stereocenters. The van der Waals surface area contributed by atoms with Crippen molar-refractivity contribution in [2.45, 2.75) is 45.3 Å². The monoisotopic (exact) mass is 294 g/mol. The molecule has 2 rings (SSSR count). The van der Waals surface area contributed by atoms with Crippen molar-refractivity contribution >= 4 is 5.69 Å². The third-order valence-electron chi connectivity index (χ3n) is 4.08. The van der Waals surface area contributed by atoms with Gasteiger partial charge in [-0.15, -0.1) is 0 Å². The number of likely N-dealkylation sites (N-methyl/N-ethyl adjacent to an activating group) is 1. The third-order valence-corrected chi connectivity index (χ3v) is 4.08. The first-order chi connectivity index (χ1) is 10.1. The second-order valence-electron chi connectivity index (χ2n) is 5.90. The molecule has 0 aromatic heterocycles. The van der Waals surface area contributed by atoms with Crippen molar-refractivity contribution in [1.29, 1.82) is 0 Å². The highest BCUT2D eigenvalue weighted by Gasteiger charge is 2.19. The van der Waals surface area contributed by atoms with Crippen LogP contribution in [0.5, 0.6) is 0 Å². The van der Waals surface area contributed by atoms with Crippen molar-refractivity contribution in [1.82, 2.24) is 5.32 Å². The molecule has 1 heterocycles. The summed E-state index contributed by atoms with van der Waals surface area (Å²) in [6.07, 6.45) is 3.50. The van der Waals surface area contributed by atoms with Crippen molar-refractivity contribution in [3.8, 4) is 0 Å². The molecule has 1 aliphatic rings. The number of nitrogens with zero attached hydrogens (tertiary/aromatic N) is 1. The lowest BCUT2D eigenvalue weighted by atomic mass is 10.1. The largest absolute Gasteiger partial charge is 0.376 e. The first kappa shape index (κ1) is 16.2. The van der Waals surface area contributed by atoms with Gasteiger partial charge in [-0.2, -0.15) is 0 Å². The Kier molecular flexibility index (Phi) is 6.00. The lowest BCUT2D eigenvalue weighted by molar-refractivity contribution is 0.116. The van der Waals surface area contributed by atoms with E-state index in [2.05, 4.69) is 19.2 Å². The Balaban J connectivity index is 2.00. The molecule has 4 heteroatoms. The van der Waals surface area contributed by atoms with E-state index in [1.54, 1.807) is 6.07 Å². The molecular formula is C17H27FN2O. The Morgan fingerprint density at radius 1 is 1.48 bits per heavy atom. The van der Waals surface area contributed by atoms with E-state index < -0.39 is 0 Å². The Morgan fingerprint density at radius 2 is 2.29 bits per heavy atom. The average Bonchev–Trinajstić information content (AvgIpc) is 2.97. The molecule has 0 aliphatic carbocycles. The van der Waals surface area contributed by atoms with Crippen molar-refractivity contribution in [2.75, 3.05) is 31.6 Å². The van der Waals surface area contributed by atoms with E-state index in [0.29, 0.717) is 5.69 Å². The summed E-state index contributed by atoms with van der Waals surface area (Å²) < 4.78 is 20.0. The average molecular weight is 294 g/mol. The molecule has 3 nitrogen and oxygen atoms in total. The molecule has 1 aromatic carbocycles. The normalized spacial score (nSPS) is 19.7.